The number of aliphatic carboxylic acids is 1. The van der Waals surface area contributed by atoms with Crippen molar-refractivity contribution >= 4 is 11.9 Å². The molecule has 10 heteroatoms. The third-order valence-corrected chi connectivity index (χ3v) is 6.25. The lowest BCUT2D eigenvalue weighted by atomic mass is 9.99. The number of hydrogen-bond donors (Lipinski definition) is 1. The first-order valence-corrected chi connectivity index (χ1v) is 10.7. The summed E-state index contributed by atoms with van der Waals surface area (Å²) in [5.41, 5.74) is 4.61. The summed E-state index contributed by atoms with van der Waals surface area (Å²) in [5, 5.41) is 7.12. The van der Waals surface area contributed by atoms with Gasteiger partial charge in [-0.1, -0.05) is 24.3 Å². The number of imidazole rings is 1. The number of amides is 1. The Morgan fingerprint density at radius 2 is 1.76 bits per heavy atom. The van der Waals surface area contributed by atoms with Crippen LogP contribution in [0.5, 0.6) is 0 Å². The number of carbonyl (C=O) groups is 2. The van der Waals surface area contributed by atoms with Gasteiger partial charge in [-0.15, -0.1) is 0 Å². The van der Waals surface area contributed by atoms with Gasteiger partial charge in [0.25, 0.3) is 0 Å². The lowest BCUT2D eigenvalue weighted by molar-refractivity contribution is -0.192. The Bertz CT molecular complexity index is 1190. The third-order valence-electron chi connectivity index (χ3n) is 6.25. The molecule has 4 heterocycles. The molecule has 0 bridgehead atoms. The van der Waals surface area contributed by atoms with E-state index in [0.717, 1.165) is 42.3 Å². The van der Waals surface area contributed by atoms with Crippen LogP contribution in [0.25, 0.3) is 11.3 Å². The normalized spacial score (nSPS) is 18.6. The Morgan fingerprint density at radius 1 is 1.09 bits per heavy atom. The van der Waals surface area contributed by atoms with E-state index in [2.05, 4.69) is 28.6 Å². The molecule has 2 aliphatic rings. The molecule has 5 rings (SSSR count). The van der Waals surface area contributed by atoms with E-state index in [4.69, 9.17) is 14.9 Å². The molecule has 34 heavy (non-hydrogen) atoms. The van der Waals surface area contributed by atoms with E-state index in [0.29, 0.717) is 18.3 Å². The summed E-state index contributed by atoms with van der Waals surface area (Å²) >= 11 is 0. The van der Waals surface area contributed by atoms with Gasteiger partial charge in [-0.25, -0.2) is 9.78 Å². The molecule has 1 saturated heterocycles. The van der Waals surface area contributed by atoms with Crippen LogP contribution in [0.1, 0.15) is 22.9 Å². The number of hydrogen-bond acceptors (Lipinski definition) is 4. The van der Waals surface area contributed by atoms with Gasteiger partial charge in [0.15, 0.2) is 0 Å². The van der Waals surface area contributed by atoms with Crippen LogP contribution >= 0.6 is 0 Å². The largest absolute Gasteiger partial charge is 0.490 e. The van der Waals surface area contributed by atoms with Gasteiger partial charge in [0.05, 0.1) is 18.3 Å². The molecule has 2 aliphatic heterocycles. The minimum absolute atomic E-state index is 0.228. The zero-order chi connectivity index (χ0) is 24.5. The van der Waals surface area contributed by atoms with Crippen molar-refractivity contribution in [3.8, 4) is 11.3 Å². The second-order valence-electron chi connectivity index (χ2n) is 8.42. The van der Waals surface area contributed by atoms with Gasteiger partial charge in [-0.2, -0.15) is 13.2 Å². The fourth-order valence-corrected chi connectivity index (χ4v) is 4.50. The summed E-state index contributed by atoms with van der Waals surface area (Å²) in [7, 11) is 0. The molecule has 2 aromatic heterocycles. The van der Waals surface area contributed by atoms with Crippen LogP contribution in [0.2, 0.25) is 0 Å². The second-order valence-corrected chi connectivity index (χ2v) is 8.42. The summed E-state index contributed by atoms with van der Waals surface area (Å²) in [4.78, 5) is 32.6. The van der Waals surface area contributed by atoms with Crippen LogP contribution in [-0.4, -0.2) is 55.7 Å². The number of nitrogens with zero attached hydrogens (tertiary/aromatic N) is 4. The molecule has 0 unspecified atom stereocenters. The topological polar surface area (TPSA) is 88.3 Å². The average molecular weight is 472 g/mol. The molecule has 0 spiro atoms. The van der Waals surface area contributed by atoms with Crippen LogP contribution in [0, 0.1) is 12.8 Å². The summed E-state index contributed by atoms with van der Waals surface area (Å²) < 4.78 is 34.1. The van der Waals surface area contributed by atoms with E-state index < -0.39 is 12.1 Å². The van der Waals surface area contributed by atoms with Crippen molar-refractivity contribution in [1.29, 1.82) is 0 Å². The van der Waals surface area contributed by atoms with Gasteiger partial charge in [0.1, 0.15) is 5.82 Å². The smallest absolute Gasteiger partial charge is 0.475 e. The SMILES string of the molecule is Cc1ccccc1CC(=O)N1C[C@H]2Cn3c(-c4ccncc4)cnc3[C@H]2C1.O=C(O)C(F)(F)F. The van der Waals surface area contributed by atoms with Gasteiger partial charge >= 0.3 is 12.1 Å². The number of rotatable bonds is 3. The van der Waals surface area contributed by atoms with Crippen molar-refractivity contribution < 1.29 is 27.9 Å². The van der Waals surface area contributed by atoms with E-state index in [1.165, 1.54) is 5.56 Å². The van der Waals surface area contributed by atoms with Crippen LogP contribution < -0.4 is 0 Å². The Balaban J connectivity index is 0.000000344. The molecule has 3 aromatic rings. The fraction of sp³-hybridized carbons (Fsp3) is 0.333. The molecular formula is C24H23F3N4O3. The number of benzene rings is 1. The number of aromatic nitrogens is 3. The second kappa shape index (κ2) is 9.28. The molecule has 2 atom stereocenters. The summed E-state index contributed by atoms with van der Waals surface area (Å²) in [6.07, 6.45) is 0.996. The molecule has 0 aliphatic carbocycles. The van der Waals surface area contributed by atoms with Crippen molar-refractivity contribution in [1.82, 2.24) is 19.4 Å². The molecule has 1 N–H and O–H groups in total. The Hall–Kier alpha value is -3.69. The number of alkyl halides is 3. The Labute approximate surface area is 193 Å². The third kappa shape index (κ3) is 4.80. The monoisotopic (exact) mass is 472 g/mol. The minimum atomic E-state index is -5.08. The average Bonchev–Trinajstić information content (AvgIpc) is 3.47. The van der Waals surface area contributed by atoms with Gasteiger partial charge in [-0.05, 0) is 30.2 Å². The number of carbonyl (C=O) groups excluding carboxylic acids is 1. The first kappa shape index (κ1) is 23.5. The highest BCUT2D eigenvalue weighted by atomic mass is 19.4. The number of fused-ring (bicyclic) bond motifs is 3. The summed E-state index contributed by atoms with van der Waals surface area (Å²) in [5.74, 6) is -0.590. The molecular weight excluding hydrogens is 449 g/mol. The van der Waals surface area contributed by atoms with Crippen molar-refractivity contribution in [3.05, 3.63) is 71.9 Å². The van der Waals surface area contributed by atoms with Crippen LogP contribution in [-0.2, 0) is 22.6 Å². The van der Waals surface area contributed by atoms with E-state index in [1.54, 1.807) is 0 Å². The lowest BCUT2D eigenvalue weighted by Crippen LogP contribution is -2.31. The highest BCUT2D eigenvalue weighted by molar-refractivity contribution is 5.79. The molecule has 178 valence electrons. The number of aryl methyl sites for hydroxylation is 1. The van der Waals surface area contributed by atoms with Crippen LogP contribution in [0.4, 0.5) is 13.2 Å². The lowest BCUT2D eigenvalue weighted by Gasteiger charge is -2.18. The van der Waals surface area contributed by atoms with E-state index in [9.17, 15) is 18.0 Å². The predicted octanol–water partition coefficient (Wildman–Crippen LogP) is 3.69. The minimum Gasteiger partial charge on any atom is -0.475 e. The van der Waals surface area contributed by atoms with E-state index >= 15 is 0 Å². The maximum atomic E-state index is 12.8. The molecule has 1 aromatic carbocycles. The Morgan fingerprint density at radius 3 is 2.41 bits per heavy atom. The Kier molecular flexibility index (Phi) is 6.41. The van der Waals surface area contributed by atoms with Crippen molar-refractivity contribution in [2.45, 2.75) is 32.0 Å². The quantitative estimate of drug-likeness (QED) is 0.628. The van der Waals surface area contributed by atoms with E-state index in [-0.39, 0.29) is 5.91 Å². The van der Waals surface area contributed by atoms with Gasteiger partial charge in [0.2, 0.25) is 5.91 Å². The van der Waals surface area contributed by atoms with Crippen LogP contribution in [0.15, 0.2) is 55.0 Å². The highest BCUT2D eigenvalue weighted by Crippen LogP contribution is 2.41. The molecule has 0 radical (unpaired) electrons. The maximum absolute atomic E-state index is 12.8. The van der Waals surface area contributed by atoms with Crippen molar-refractivity contribution in [2.24, 2.45) is 5.92 Å². The zero-order valence-corrected chi connectivity index (χ0v) is 18.4. The first-order valence-electron chi connectivity index (χ1n) is 10.7. The summed E-state index contributed by atoms with van der Waals surface area (Å²) in [6, 6.07) is 12.2. The van der Waals surface area contributed by atoms with E-state index in [1.807, 2.05) is 47.8 Å². The maximum Gasteiger partial charge on any atom is 0.490 e. The molecule has 1 fully saturated rings. The van der Waals surface area contributed by atoms with Crippen LogP contribution in [0.3, 0.4) is 0 Å². The standard InChI is InChI=1S/C22H22N4O.C2HF3O2/c1-15-4-2-3-5-17(15)10-21(27)25-12-18-13-26-20(16-6-8-23-9-7-16)11-24-22(26)19(18)14-25;3-2(4,5)1(6)7/h2-9,11,18-19H,10,12-14H2,1H3;(H,6,7)/t18-,19-;/m0./s1. The number of likely N-dealkylation sites (tertiary alicyclic amines) is 1. The fourth-order valence-electron chi connectivity index (χ4n) is 4.50. The van der Waals surface area contributed by atoms with Gasteiger partial charge < -0.3 is 14.6 Å². The highest BCUT2D eigenvalue weighted by Gasteiger charge is 2.43. The van der Waals surface area contributed by atoms with Crippen molar-refractivity contribution in [2.75, 3.05) is 13.1 Å². The molecule has 7 nitrogen and oxygen atoms in total. The predicted molar refractivity (Wildman–Crippen MR) is 117 cm³/mol. The summed E-state index contributed by atoms with van der Waals surface area (Å²) in [6.45, 7) is 4.61. The van der Waals surface area contributed by atoms with Crippen molar-refractivity contribution in [3.63, 3.8) is 0 Å². The molecule has 1 amide bonds. The number of carboxylic acid groups (broad SMARTS) is 1. The number of carboxylic acids is 1. The number of halogens is 3. The zero-order valence-electron chi connectivity index (χ0n) is 18.4. The van der Waals surface area contributed by atoms with Gasteiger partial charge in [0, 0.05) is 49.4 Å². The number of pyridine rings is 1. The van der Waals surface area contributed by atoms with Gasteiger partial charge in [-0.3, -0.25) is 9.78 Å². The molecule has 0 saturated carbocycles. The first-order chi connectivity index (χ1) is 16.1.